The van der Waals surface area contributed by atoms with Crippen LogP contribution < -0.4 is 5.32 Å². The number of rotatable bonds is 4. The fourth-order valence-corrected chi connectivity index (χ4v) is 3.89. The number of para-hydroxylation sites is 2. The van der Waals surface area contributed by atoms with Crippen LogP contribution in [0, 0.1) is 0 Å². The first kappa shape index (κ1) is 18.2. The summed E-state index contributed by atoms with van der Waals surface area (Å²) in [5, 5.41) is 2.93. The van der Waals surface area contributed by atoms with Gasteiger partial charge in [-0.1, -0.05) is 36.4 Å². The third kappa shape index (κ3) is 3.34. The summed E-state index contributed by atoms with van der Waals surface area (Å²) in [7, 11) is 0. The first-order chi connectivity index (χ1) is 14.7. The minimum Gasteiger partial charge on any atom is -0.459 e. The summed E-state index contributed by atoms with van der Waals surface area (Å²) in [5.41, 5.74) is 3.88. The second-order valence-electron chi connectivity index (χ2n) is 7.32. The van der Waals surface area contributed by atoms with E-state index in [1.54, 1.807) is 17.0 Å². The van der Waals surface area contributed by atoms with E-state index in [0.717, 1.165) is 22.2 Å². The van der Waals surface area contributed by atoms with Gasteiger partial charge in [-0.2, -0.15) is 0 Å². The Bertz CT molecular complexity index is 1180. The highest BCUT2D eigenvalue weighted by Gasteiger charge is 2.35. The number of nitrogens with one attached hydrogen (secondary N) is 2. The molecule has 0 bridgehead atoms. The quantitative estimate of drug-likeness (QED) is 0.551. The Morgan fingerprint density at radius 2 is 1.87 bits per heavy atom. The third-order valence-electron chi connectivity index (χ3n) is 5.41. The summed E-state index contributed by atoms with van der Waals surface area (Å²) >= 11 is 0. The molecule has 0 saturated carbocycles. The molecule has 0 fully saturated rings. The number of H-pyrrole nitrogens is 1. The number of aromatic nitrogens is 2. The van der Waals surface area contributed by atoms with Gasteiger partial charge in [-0.3, -0.25) is 9.59 Å². The van der Waals surface area contributed by atoms with E-state index in [-0.39, 0.29) is 24.1 Å². The molecular weight excluding hydrogens is 380 g/mol. The van der Waals surface area contributed by atoms with Crippen molar-refractivity contribution in [3.63, 3.8) is 0 Å². The van der Waals surface area contributed by atoms with Crippen LogP contribution in [0.4, 0.5) is 0 Å². The van der Waals surface area contributed by atoms with Crippen molar-refractivity contribution in [2.45, 2.75) is 25.6 Å². The van der Waals surface area contributed by atoms with E-state index < -0.39 is 6.04 Å². The first-order valence-corrected chi connectivity index (χ1v) is 9.81. The molecular formula is C23H20N4O3. The molecule has 0 radical (unpaired) electrons. The lowest BCUT2D eigenvalue weighted by atomic mass is 9.93. The molecule has 2 amide bonds. The number of hydrogen-bond donors (Lipinski definition) is 2. The fourth-order valence-electron chi connectivity index (χ4n) is 3.89. The van der Waals surface area contributed by atoms with Crippen LogP contribution in [0.15, 0.2) is 71.3 Å². The number of nitrogens with zero attached hydrogens (tertiary/aromatic N) is 2. The second kappa shape index (κ2) is 7.51. The van der Waals surface area contributed by atoms with Gasteiger partial charge in [-0.05, 0) is 35.4 Å². The van der Waals surface area contributed by atoms with Gasteiger partial charge in [0.25, 0.3) is 5.91 Å². The Hall–Kier alpha value is -3.87. The molecule has 1 aliphatic heterocycles. The van der Waals surface area contributed by atoms with Crippen molar-refractivity contribution in [3.05, 3.63) is 89.6 Å². The molecule has 2 N–H and O–H groups in total. The van der Waals surface area contributed by atoms with Crippen molar-refractivity contribution in [2.24, 2.45) is 0 Å². The number of fused-ring (bicyclic) bond motifs is 2. The van der Waals surface area contributed by atoms with E-state index >= 15 is 0 Å². The molecule has 2 aromatic heterocycles. The monoisotopic (exact) mass is 400 g/mol. The molecule has 5 rings (SSSR count). The summed E-state index contributed by atoms with van der Waals surface area (Å²) in [6.45, 7) is 0.618. The maximum atomic E-state index is 13.1. The Kier molecular flexibility index (Phi) is 4.55. The second-order valence-corrected chi connectivity index (χ2v) is 7.32. The maximum Gasteiger partial charge on any atom is 0.290 e. The predicted octanol–water partition coefficient (Wildman–Crippen LogP) is 3.04. The Morgan fingerprint density at radius 1 is 1.07 bits per heavy atom. The molecule has 7 heteroatoms. The van der Waals surface area contributed by atoms with Crippen LogP contribution in [0.25, 0.3) is 11.0 Å². The van der Waals surface area contributed by atoms with Gasteiger partial charge in [0.05, 0.1) is 23.8 Å². The minimum atomic E-state index is -0.623. The van der Waals surface area contributed by atoms with Gasteiger partial charge >= 0.3 is 0 Å². The van der Waals surface area contributed by atoms with Gasteiger partial charge in [0.15, 0.2) is 5.76 Å². The molecule has 30 heavy (non-hydrogen) atoms. The fraction of sp³-hybridized carbons (Fsp3) is 0.174. The van der Waals surface area contributed by atoms with Crippen molar-refractivity contribution in [1.29, 1.82) is 0 Å². The highest BCUT2D eigenvalue weighted by molar-refractivity contribution is 5.96. The van der Waals surface area contributed by atoms with Crippen LogP contribution in [0.1, 0.15) is 27.5 Å². The number of aromatic amines is 1. The van der Waals surface area contributed by atoms with E-state index in [1.807, 2.05) is 48.5 Å². The topological polar surface area (TPSA) is 91.2 Å². The van der Waals surface area contributed by atoms with Crippen molar-refractivity contribution in [2.75, 3.05) is 0 Å². The largest absolute Gasteiger partial charge is 0.459 e. The minimum absolute atomic E-state index is 0.218. The average Bonchev–Trinajstić information content (AvgIpc) is 3.45. The molecule has 1 unspecified atom stereocenters. The molecule has 7 nitrogen and oxygen atoms in total. The summed E-state index contributed by atoms with van der Waals surface area (Å²) in [5.74, 6) is 0.386. The number of imidazole rings is 1. The summed E-state index contributed by atoms with van der Waals surface area (Å²) in [6.07, 6.45) is 1.91. The van der Waals surface area contributed by atoms with Crippen LogP contribution in [0.2, 0.25) is 0 Å². The van der Waals surface area contributed by atoms with Gasteiger partial charge in [-0.15, -0.1) is 0 Å². The molecule has 0 spiro atoms. The SMILES string of the molecule is O=C(NCc1nc2ccccc2[nH]1)C1Cc2ccccc2CN1C(=O)c1ccco1. The van der Waals surface area contributed by atoms with Crippen LogP contribution in [0.3, 0.4) is 0 Å². The zero-order valence-corrected chi connectivity index (χ0v) is 16.2. The molecule has 1 atom stereocenters. The number of hydrogen-bond acceptors (Lipinski definition) is 4. The zero-order valence-electron chi connectivity index (χ0n) is 16.2. The van der Waals surface area contributed by atoms with E-state index in [0.29, 0.717) is 18.8 Å². The summed E-state index contributed by atoms with van der Waals surface area (Å²) in [4.78, 5) is 35.4. The Balaban J connectivity index is 1.37. The van der Waals surface area contributed by atoms with Crippen LogP contribution in [-0.2, 0) is 24.3 Å². The van der Waals surface area contributed by atoms with Gasteiger partial charge in [-0.25, -0.2) is 4.98 Å². The standard InChI is InChI=1S/C23H20N4O3/c28-22(24-13-21-25-17-8-3-4-9-18(17)26-21)19-12-15-6-1-2-7-16(15)14-27(19)23(29)20-10-5-11-30-20/h1-11,19H,12-14H2,(H,24,28)(H,25,26). The first-order valence-electron chi connectivity index (χ1n) is 9.81. The number of carbonyl (C=O) groups is 2. The number of amides is 2. The molecule has 150 valence electrons. The summed E-state index contributed by atoms with van der Waals surface area (Å²) < 4.78 is 5.29. The van der Waals surface area contributed by atoms with Crippen LogP contribution in [0.5, 0.6) is 0 Å². The van der Waals surface area contributed by atoms with Gasteiger partial charge < -0.3 is 19.6 Å². The molecule has 1 aliphatic rings. The maximum absolute atomic E-state index is 13.1. The number of furan rings is 1. The van der Waals surface area contributed by atoms with E-state index in [9.17, 15) is 9.59 Å². The molecule has 0 saturated heterocycles. The van der Waals surface area contributed by atoms with E-state index in [2.05, 4.69) is 15.3 Å². The lowest BCUT2D eigenvalue weighted by molar-refractivity contribution is -0.126. The van der Waals surface area contributed by atoms with Gasteiger partial charge in [0.1, 0.15) is 11.9 Å². The number of carbonyl (C=O) groups excluding carboxylic acids is 2. The van der Waals surface area contributed by atoms with Crippen molar-refractivity contribution >= 4 is 22.8 Å². The van der Waals surface area contributed by atoms with Crippen LogP contribution in [-0.4, -0.2) is 32.7 Å². The smallest absolute Gasteiger partial charge is 0.290 e. The van der Waals surface area contributed by atoms with Crippen LogP contribution >= 0.6 is 0 Å². The van der Waals surface area contributed by atoms with E-state index in [1.165, 1.54) is 6.26 Å². The zero-order chi connectivity index (χ0) is 20.5. The molecule has 0 aliphatic carbocycles. The lowest BCUT2D eigenvalue weighted by Gasteiger charge is -2.35. The Labute approximate surface area is 172 Å². The third-order valence-corrected chi connectivity index (χ3v) is 5.41. The Morgan fingerprint density at radius 3 is 2.67 bits per heavy atom. The molecule has 4 aromatic rings. The van der Waals surface area contributed by atoms with Gasteiger partial charge in [0.2, 0.25) is 5.91 Å². The van der Waals surface area contributed by atoms with Gasteiger partial charge in [0, 0.05) is 13.0 Å². The predicted molar refractivity (Wildman–Crippen MR) is 110 cm³/mol. The molecule has 2 aromatic carbocycles. The van der Waals surface area contributed by atoms with E-state index in [4.69, 9.17) is 4.42 Å². The summed E-state index contributed by atoms with van der Waals surface area (Å²) in [6, 6.07) is 18.3. The highest BCUT2D eigenvalue weighted by Crippen LogP contribution is 2.25. The lowest BCUT2D eigenvalue weighted by Crippen LogP contribution is -2.52. The van der Waals surface area contributed by atoms with Crippen molar-refractivity contribution in [3.8, 4) is 0 Å². The number of benzene rings is 2. The van der Waals surface area contributed by atoms with Crippen molar-refractivity contribution < 1.29 is 14.0 Å². The highest BCUT2D eigenvalue weighted by atomic mass is 16.3. The average molecular weight is 400 g/mol. The van der Waals surface area contributed by atoms with Crippen molar-refractivity contribution in [1.82, 2.24) is 20.2 Å². The molecule has 3 heterocycles. The normalized spacial score (nSPS) is 15.7.